The Labute approximate surface area is 153 Å². The molecule has 1 aromatic carbocycles. The van der Waals surface area contributed by atoms with E-state index in [1.807, 2.05) is 12.1 Å². The number of aliphatic hydroxyl groups is 1. The van der Waals surface area contributed by atoms with Gasteiger partial charge in [-0.05, 0) is 25.3 Å². The Morgan fingerprint density at radius 2 is 1.88 bits per heavy atom. The molecule has 140 valence electrons. The maximum Gasteiger partial charge on any atom is 0.300 e. The van der Waals surface area contributed by atoms with Crippen LogP contribution in [0.25, 0.3) is 10.9 Å². The van der Waals surface area contributed by atoms with Gasteiger partial charge in [0, 0.05) is 44.4 Å². The zero-order valence-corrected chi connectivity index (χ0v) is 15.1. The van der Waals surface area contributed by atoms with Crippen LogP contribution in [0, 0.1) is 0 Å². The van der Waals surface area contributed by atoms with E-state index in [4.69, 9.17) is 19.9 Å². The monoisotopic (exact) mass is 358 g/mol. The van der Waals surface area contributed by atoms with Gasteiger partial charge in [-0.15, -0.1) is 0 Å². The van der Waals surface area contributed by atoms with Gasteiger partial charge in [0.1, 0.15) is 0 Å². The topological polar surface area (TPSA) is 98.6 Å². The number of nitrogens with one attached hydrogen (secondary N) is 1. The fourth-order valence-electron chi connectivity index (χ4n) is 3.61. The van der Waals surface area contributed by atoms with Crippen LogP contribution < -0.4 is 10.2 Å². The van der Waals surface area contributed by atoms with E-state index in [1.54, 1.807) is 0 Å². The molecule has 1 aliphatic carbocycles. The molecule has 2 atom stereocenters. The van der Waals surface area contributed by atoms with Gasteiger partial charge >= 0.3 is 0 Å². The molecular weight excluding hydrogens is 332 g/mol. The lowest BCUT2D eigenvalue weighted by atomic mass is 9.99. The summed E-state index contributed by atoms with van der Waals surface area (Å²) in [4.78, 5) is 21.0. The second kappa shape index (κ2) is 8.42. The Hall–Kier alpha value is -2.25. The number of para-hydroxylation sites is 1. The van der Waals surface area contributed by atoms with Crippen molar-refractivity contribution in [1.29, 1.82) is 0 Å². The third kappa shape index (κ3) is 4.47. The summed E-state index contributed by atoms with van der Waals surface area (Å²) in [5.74, 6) is 0.362. The highest BCUT2D eigenvalue weighted by molar-refractivity contribution is 5.82. The van der Waals surface area contributed by atoms with Crippen LogP contribution >= 0.6 is 0 Å². The second-order valence-electron chi connectivity index (χ2n) is 6.85. The summed E-state index contributed by atoms with van der Waals surface area (Å²) in [6.45, 7) is 4.94. The fourth-order valence-corrected chi connectivity index (χ4v) is 3.61. The van der Waals surface area contributed by atoms with Gasteiger partial charge in [0.2, 0.25) is 5.95 Å². The lowest BCUT2D eigenvalue weighted by Gasteiger charge is -2.28. The number of aromatic nitrogens is 2. The van der Waals surface area contributed by atoms with E-state index in [0.717, 1.165) is 74.9 Å². The highest BCUT2D eigenvalue weighted by Crippen LogP contribution is 2.37. The first-order valence-corrected chi connectivity index (χ1v) is 9.14. The van der Waals surface area contributed by atoms with Crippen LogP contribution in [-0.2, 0) is 4.79 Å². The number of anilines is 1. The largest absolute Gasteiger partial charge is 0.481 e. The molecular formula is C19H26N4O3. The number of aliphatic carboxylic acids is 1. The minimum atomic E-state index is -0.833. The fraction of sp³-hybridized carbons (Fsp3) is 0.526. The summed E-state index contributed by atoms with van der Waals surface area (Å²) in [6.07, 6.45) is 2.54. The van der Waals surface area contributed by atoms with Crippen LogP contribution in [0.5, 0.6) is 0 Å². The van der Waals surface area contributed by atoms with E-state index in [9.17, 15) is 5.11 Å². The Balaban J connectivity index is 0.000000447. The molecule has 2 aliphatic rings. The highest BCUT2D eigenvalue weighted by atomic mass is 16.4. The second-order valence-corrected chi connectivity index (χ2v) is 6.85. The summed E-state index contributed by atoms with van der Waals surface area (Å²) in [7, 11) is 0. The van der Waals surface area contributed by atoms with Crippen molar-refractivity contribution in [2.45, 2.75) is 38.2 Å². The third-order valence-electron chi connectivity index (χ3n) is 4.81. The molecule has 1 saturated carbocycles. The van der Waals surface area contributed by atoms with Crippen LogP contribution in [0.3, 0.4) is 0 Å². The van der Waals surface area contributed by atoms with E-state index < -0.39 is 5.97 Å². The van der Waals surface area contributed by atoms with Gasteiger partial charge in [0.15, 0.2) is 0 Å². The SMILES string of the molecule is CC(=O)O.OC1CCC(c2nc(N3CCNCC3)nc3ccccc23)C1. The maximum absolute atomic E-state index is 9.89. The lowest BCUT2D eigenvalue weighted by molar-refractivity contribution is -0.134. The predicted octanol–water partition coefficient (Wildman–Crippen LogP) is 1.76. The van der Waals surface area contributed by atoms with Crippen molar-refractivity contribution in [2.24, 2.45) is 0 Å². The molecule has 0 amide bonds. The highest BCUT2D eigenvalue weighted by Gasteiger charge is 2.28. The molecule has 2 heterocycles. The zero-order chi connectivity index (χ0) is 18.5. The Morgan fingerprint density at radius 1 is 1.19 bits per heavy atom. The molecule has 2 fully saturated rings. The number of hydrogen-bond acceptors (Lipinski definition) is 6. The molecule has 0 bridgehead atoms. The number of aliphatic hydroxyl groups excluding tert-OH is 1. The number of nitrogens with zero attached hydrogens (tertiary/aromatic N) is 3. The zero-order valence-electron chi connectivity index (χ0n) is 15.1. The van der Waals surface area contributed by atoms with Crippen LogP contribution in [-0.4, -0.2) is 58.4 Å². The smallest absolute Gasteiger partial charge is 0.300 e. The standard InChI is InChI=1S/C17H22N4O.C2H4O2/c22-13-6-5-12(11-13)16-14-3-1-2-4-15(14)19-17(20-16)21-9-7-18-8-10-21;1-2(3)4/h1-4,12-13,18,22H,5-11H2;1H3,(H,3,4). The van der Waals surface area contributed by atoms with Crippen molar-refractivity contribution in [3.05, 3.63) is 30.0 Å². The van der Waals surface area contributed by atoms with Crippen molar-refractivity contribution >= 4 is 22.8 Å². The van der Waals surface area contributed by atoms with E-state index in [2.05, 4.69) is 22.3 Å². The van der Waals surface area contributed by atoms with Gasteiger partial charge in [-0.3, -0.25) is 4.79 Å². The van der Waals surface area contributed by atoms with Crippen molar-refractivity contribution < 1.29 is 15.0 Å². The molecule has 1 aromatic heterocycles. The van der Waals surface area contributed by atoms with Crippen LogP contribution in [0.1, 0.15) is 37.8 Å². The molecule has 2 unspecified atom stereocenters. The number of benzene rings is 1. The average molecular weight is 358 g/mol. The van der Waals surface area contributed by atoms with Gasteiger partial charge in [-0.25, -0.2) is 9.97 Å². The normalized spacial score (nSPS) is 22.8. The van der Waals surface area contributed by atoms with Crippen LogP contribution in [0.4, 0.5) is 5.95 Å². The van der Waals surface area contributed by atoms with E-state index in [1.165, 1.54) is 0 Å². The van der Waals surface area contributed by atoms with E-state index in [-0.39, 0.29) is 6.10 Å². The van der Waals surface area contributed by atoms with Crippen molar-refractivity contribution in [1.82, 2.24) is 15.3 Å². The summed E-state index contributed by atoms with van der Waals surface area (Å²) >= 11 is 0. The molecule has 2 aromatic rings. The molecule has 4 rings (SSSR count). The van der Waals surface area contributed by atoms with Gasteiger partial charge < -0.3 is 20.4 Å². The Kier molecular flexibility index (Phi) is 6.00. The summed E-state index contributed by atoms with van der Waals surface area (Å²) in [6, 6.07) is 8.25. The van der Waals surface area contributed by atoms with Crippen molar-refractivity contribution in [3.8, 4) is 0 Å². The number of carboxylic acids is 1. The Bertz CT molecular complexity index is 758. The van der Waals surface area contributed by atoms with Crippen molar-refractivity contribution in [2.75, 3.05) is 31.1 Å². The number of piperazine rings is 1. The predicted molar refractivity (Wildman–Crippen MR) is 101 cm³/mol. The van der Waals surface area contributed by atoms with Gasteiger partial charge in [-0.1, -0.05) is 18.2 Å². The number of rotatable bonds is 2. The average Bonchev–Trinajstić information content (AvgIpc) is 3.07. The third-order valence-corrected chi connectivity index (χ3v) is 4.81. The lowest BCUT2D eigenvalue weighted by Crippen LogP contribution is -2.44. The van der Waals surface area contributed by atoms with E-state index >= 15 is 0 Å². The summed E-state index contributed by atoms with van der Waals surface area (Å²) in [5, 5.41) is 21.8. The van der Waals surface area contributed by atoms with Crippen molar-refractivity contribution in [3.63, 3.8) is 0 Å². The maximum atomic E-state index is 9.89. The molecule has 1 aliphatic heterocycles. The summed E-state index contributed by atoms with van der Waals surface area (Å²) < 4.78 is 0. The number of fused-ring (bicyclic) bond motifs is 1. The molecule has 3 N–H and O–H groups in total. The molecule has 0 spiro atoms. The molecule has 7 heteroatoms. The first-order valence-electron chi connectivity index (χ1n) is 9.14. The first kappa shape index (κ1) is 18.5. The van der Waals surface area contributed by atoms with Gasteiger partial charge in [-0.2, -0.15) is 0 Å². The molecule has 1 saturated heterocycles. The number of carboxylic acid groups (broad SMARTS) is 1. The first-order chi connectivity index (χ1) is 12.5. The van der Waals surface area contributed by atoms with E-state index in [0.29, 0.717) is 5.92 Å². The molecule has 26 heavy (non-hydrogen) atoms. The van der Waals surface area contributed by atoms with Gasteiger partial charge in [0.25, 0.3) is 5.97 Å². The minimum Gasteiger partial charge on any atom is -0.481 e. The molecule has 7 nitrogen and oxygen atoms in total. The number of carbonyl (C=O) groups is 1. The van der Waals surface area contributed by atoms with Gasteiger partial charge in [0.05, 0.1) is 17.3 Å². The van der Waals surface area contributed by atoms with Crippen LogP contribution in [0.15, 0.2) is 24.3 Å². The minimum absolute atomic E-state index is 0.179. The Morgan fingerprint density at radius 3 is 2.54 bits per heavy atom. The molecule has 0 radical (unpaired) electrons. The summed E-state index contributed by atoms with van der Waals surface area (Å²) in [5.41, 5.74) is 2.14. The van der Waals surface area contributed by atoms with Crippen LogP contribution in [0.2, 0.25) is 0 Å². The quantitative estimate of drug-likeness (QED) is 0.752. The number of hydrogen-bond donors (Lipinski definition) is 3.